The first-order valence-corrected chi connectivity index (χ1v) is 8.78. The Hall–Kier alpha value is -2.21. The molecule has 0 aliphatic rings. The molecule has 1 unspecified atom stereocenters. The Balaban J connectivity index is 4.86. The van der Waals surface area contributed by atoms with E-state index in [2.05, 4.69) is 5.32 Å². The summed E-state index contributed by atoms with van der Waals surface area (Å²) in [5.41, 5.74) is 5.24. The maximum absolute atomic E-state index is 11.9. The van der Waals surface area contributed by atoms with Gasteiger partial charge in [-0.15, -0.1) is 0 Å². The Kier molecular flexibility index (Phi) is 8.92. The topological polar surface area (TPSA) is 193 Å². The highest BCUT2D eigenvalue weighted by atomic mass is 32.2. The molecule has 0 aliphatic carbocycles. The normalized spacial score (nSPS) is 13.6. The van der Waals surface area contributed by atoms with Crippen LogP contribution in [0.4, 0.5) is 0 Å². The SMILES string of the molecule is CCS(=O)(=O)C[C@H](NC(=O)CCC(N)C(=O)O)C(=O)NCC(=O)O. The molecule has 0 aromatic carbocycles. The number of aliphatic carboxylic acids is 2. The van der Waals surface area contributed by atoms with Crippen LogP contribution in [-0.4, -0.2) is 72.5 Å². The maximum atomic E-state index is 11.9. The lowest BCUT2D eigenvalue weighted by atomic mass is 10.1. The molecule has 0 radical (unpaired) electrons. The zero-order valence-electron chi connectivity index (χ0n) is 13.0. The number of hydrogen-bond acceptors (Lipinski definition) is 7. The summed E-state index contributed by atoms with van der Waals surface area (Å²) in [5, 5.41) is 21.3. The summed E-state index contributed by atoms with van der Waals surface area (Å²) in [6, 6.07) is -2.75. The summed E-state index contributed by atoms with van der Waals surface area (Å²) in [5.74, 6) is -5.34. The van der Waals surface area contributed by atoms with Gasteiger partial charge in [0.2, 0.25) is 11.8 Å². The predicted molar refractivity (Wildman–Crippen MR) is 81.7 cm³/mol. The molecule has 0 bridgehead atoms. The fourth-order valence-corrected chi connectivity index (χ4v) is 2.50. The third-order valence-corrected chi connectivity index (χ3v) is 4.65. The average Bonchev–Trinajstić information content (AvgIpc) is 2.49. The number of carbonyl (C=O) groups is 4. The molecule has 2 atom stereocenters. The van der Waals surface area contributed by atoms with E-state index in [4.69, 9.17) is 15.9 Å². The quantitative estimate of drug-likeness (QED) is 0.258. The van der Waals surface area contributed by atoms with Crippen LogP contribution in [0.2, 0.25) is 0 Å². The van der Waals surface area contributed by atoms with Gasteiger partial charge in [0, 0.05) is 12.2 Å². The second-order valence-corrected chi connectivity index (χ2v) is 7.31. The van der Waals surface area contributed by atoms with Gasteiger partial charge in [0.05, 0.1) is 5.75 Å². The number of nitrogens with one attached hydrogen (secondary N) is 2. The minimum Gasteiger partial charge on any atom is -0.480 e. The van der Waals surface area contributed by atoms with Gasteiger partial charge in [0.15, 0.2) is 9.84 Å². The Bertz CT molecular complexity index is 589. The van der Waals surface area contributed by atoms with E-state index < -0.39 is 58.0 Å². The van der Waals surface area contributed by atoms with E-state index in [-0.39, 0.29) is 18.6 Å². The number of carboxylic acids is 2. The van der Waals surface area contributed by atoms with Crippen molar-refractivity contribution in [2.45, 2.75) is 31.8 Å². The van der Waals surface area contributed by atoms with Gasteiger partial charge in [-0.2, -0.15) is 0 Å². The minimum absolute atomic E-state index is 0.203. The van der Waals surface area contributed by atoms with Crippen molar-refractivity contribution in [3.8, 4) is 0 Å². The fourth-order valence-electron chi connectivity index (χ4n) is 1.52. The largest absolute Gasteiger partial charge is 0.480 e. The summed E-state index contributed by atoms with van der Waals surface area (Å²) >= 11 is 0. The van der Waals surface area contributed by atoms with Crippen LogP contribution in [0.15, 0.2) is 0 Å². The smallest absolute Gasteiger partial charge is 0.322 e. The number of hydrogen-bond donors (Lipinski definition) is 5. The fraction of sp³-hybridized carbons (Fsp3) is 0.667. The molecule has 0 saturated heterocycles. The van der Waals surface area contributed by atoms with Gasteiger partial charge in [-0.1, -0.05) is 6.92 Å². The van der Waals surface area contributed by atoms with Crippen LogP contribution in [0.25, 0.3) is 0 Å². The van der Waals surface area contributed by atoms with E-state index in [1.165, 1.54) is 6.92 Å². The first-order valence-electron chi connectivity index (χ1n) is 6.96. The van der Waals surface area contributed by atoms with Crippen LogP contribution in [0.3, 0.4) is 0 Å². The van der Waals surface area contributed by atoms with Crippen molar-refractivity contribution >= 4 is 33.6 Å². The molecule has 0 aromatic rings. The van der Waals surface area contributed by atoms with Gasteiger partial charge in [-0.05, 0) is 6.42 Å². The molecule has 6 N–H and O–H groups in total. The van der Waals surface area contributed by atoms with E-state index in [1.807, 2.05) is 5.32 Å². The predicted octanol–water partition coefficient (Wildman–Crippen LogP) is -2.70. The molecule has 0 rings (SSSR count). The molecular weight excluding hydrogens is 346 g/mol. The van der Waals surface area contributed by atoms with Crippen molar-refractivity contribution in [3.05, 3.63) is 0 Å². The summed E-state index contributed by atoms with van der Waals surface area (Å²) in [6.45, 7) is 0.622. The van der Waals surface area contributed by atoms with Crippen LogP contribution in [0.1, 0.15) is 19.8 Å². The van der Waals surface area contributed by atoms with E-state index in [0.29, 0.717) is 0 Å². The molecule has 0 saturated carbocycles. The molecule has 2 amide bonds. The second-order valence-electron chi connectivity index (χ2n) is 4.91. The number of nitrogens with two attached hydrogens (primary N) is 1. The molecule has 0 heterocycles. The van der Waals surface area contributed by atoms with Gasteiger partial charge < -0.3 is 26.6 Å². The Labute approximate surface area is 138 Å². The van der Waals surface area contributed by atoms with Crippen molar-refractivity contribution in [1.29, 1.82) is 0 Å². The molecule has 12 heteroatoms. The maximum Gasteiger partial charge on any atom is 0.322 e. The van der Waals surface area contributed by atoms with Gasteiger partial charge in [-0.25, -0.2) is 8.42 Å². The average molecular weight is 367 g/mol. The molecule has 0 spiro atoms. The summed E-state index contributed by atoms with van der Waals surface area (Å²) in [4.78, 5) is 44.6. The molecule has 0 aromatic heterocycles. The Morgan fingerprint density at radius 2 is 1.75 bits per heavy atom. The van der Waals surface area contributed by atoms with Crippen LogP contribution in [-0.2, 0) is 29.0 Å². The van der Waals surface area contributed by atoms with Crippen LogP contribution in [0.5, 0.6) is 0 Å². The number of rotatable bonds is 11. The van der Waals surface area contributed by atoms with Crippen molar-refractivity contribution < 1.29 is 37.8 Å². The molecule has 138 valence electrons. The summed E-state index contributed by atoms with van der Waals surface area (Å²) in [6.07, 6.45) is -0.534. The lowest BCUT2D eigenvalue weighted by molar-refractivity contribution is -0.139. The first kappa shape index (κ1) is 21.8. The molecule has 0 fully saturated rings. The van der Waals surface area contributed by atoms with Crippen molar-refractivity contribution in [3.63, 3.8) is 0 Å². The molecule has 0 aliphatic heterocycles. The zero-order valence-corrected chi connectivity index (χ0v) is 13.8. The highest BCUT2D eigenvalue weighted by Gasteiger charge is 2.27. The lowest BCUT2D eigenvalue weighted by Crippen LogP contribution is -2.51. The van der Waals surface area contributed by atoms with Crippen LogP contribution >= 0.6 is 0 Å². The molecule has 11 nitrogen and oxygen atoms in total. The Morgan fingerprint density at radius 1 is 1.17 bits per heavy atom. The highest BCUT2D eigenvalue weighted by Crippen LogP contribution is 2.00. The summed E-state index contributed by atoms with van der Waals surface area (Å²) in [7, 11) is -3.63. The zero-order chi connectivity index (χ0) is 18.9. The van der Waals surface area contributed by atoms with Crippen molar-refractivity contribution in [1.82, 2.24) is 10.6 Å². The van der Waals surface area contributed by atoms with Gasteiger partial charge >= 0.3 is 11.9 Å². The third-order valence-electron chi connectivity index (χ3n) is 2.93. The van der Waals surface area contributed by atoms with E-state index in [9.17, 15) is 27.6 Å². The van der Waals surface area contributed by atoms with Crippen molar-refractivity contribution in [2.24, 2.45) is 5.73 Å². The monoisotopic (exact) mass is 367 g/mol. The lowest BCUT2D eigenvalue weighted by Gasteiger charge is -2.18. The summed E-state index contributed by atoms with van der Waals surface area (Å²) < 4.78 is 23.3. The van der Waals surface area contributed by atoms with E-state index in [0.717, 1.165) is 0 Å². The van der Waals surface area contributed by atoms with Crippen molar-refractivity contribution in [2.75, 3.05) is 18.1 Å². The second kappa shape index (κ2) is 9.82. The number of carbonyl (C=O) groups excluding carboxylic acids is 2. The molecular formula is C12H21N3O8S. The molecule has 24 heavy (non-hydrogen) atoms. The standard InChI is InChI=1S/C12H21N3O8S/c1-2-24(22,23)6-8(11(19)14-5-10(17)18)15-9(16)4-3-7(13)12(20)21/h7-8H,2-6,13H2,1H3,(H,14,19)(H,15,16)(H,17,18)(H,20,21)/t7?,8-/m0/s1. The van der Waals surface area contributed by atoms with Crippen LogP contribution < -0.4 is 16.4 Å². The number of sulfone groups is 1. The van der Waals surface area contributed by atoms with E-state index in [1.54, 1.807) is 0 Å². The highest BCUT2D eigenvalue weighted by molar-refractivity contribution is 7.91. The first-order chi connectivity index (χ1) is 11.0. The van der Waals surface area contributed by atoms with Gasteiger partial charge in [-0.3, -0.25) is 19.2 Å². The van der Waals surface area contributed by atoms with Gasteiger partial charge in [0.1, 0.15) is 18.6 Å². The number of carboxylic acid groups (broad SMARTS) is 2. The van der Waals surface area contributed by atoms with E-state index >= 15 is 0 Å². The number of amides is 2. The van der Waals surface area contributed by atoms with Crippen LogP contribution in [0, 0.1) is 0 Å². The third kappa shape index (κ3) is 9.05. The van der Waals surface area contributed by atoms with Gasteiger partial charge in [0.25, 0.3) is 0 Å². The minimum atomic E-state index is -3.63. The Morgan fingerprint density at radius 3 is 2.21 bits per heavy atom.